The molecule has 2 N–H and O–H groups in total. The van der Waals surface area contributed by atoms with E-state index in [1.807, 2.05) is 44.0 Å². The van der Waals surface area contributed by atoms with Crippen molar-refractivity contribution in [2.24, 2.45) is 7.05 Å². The molecule has 0 saturated heterocycles. The van der Waals surface area contributed by atoms with Gasteiger partial charge in [-0.3, -0.25) is 9.48 Å². The number of nitrogens with zero attached hydrogens (tertiary/aromatic N) is 3. The summed E-state index contributed by atoms with van der Waals surface area (Å²) in [5.74, 6) is 0.895. The number of carbonyl (C=O) groups excluding carboxylic acids is 1. The van der Waals surface area contributed by atoms with Gasteiger partial charge in [0.1, 0.15) is 0 Å². The van der Waals surface area contributed by atoms with Crippen molar-refractivity contribution in [1.29, 1.82) is 0 Å². The molecule has 0 saturated carbocycles. The van der Waals surface area contributed by atoms with Gasteiger partial charge in [-0.2, -0.15) is 5.10 Å². The van der Waals surface area contributed by atoms with E-state index in [0.29, 0.717) is 17.8 Å². The van der Waals surface area contributed by atoms with Crippen LogP contribution in [0.3, 0.4) is 0 Å². The predicted octanol–water partition coefficient (Wildman–Crippen LogP) is 2.37. The van der Waals surface area contributed by atoms with Crippen LogP contribution in [-0.2, 0) is 7.05 Å². The Bertz CT molecular complexity index is 723. The summed E-state index contributed by atoms with van der Waals surface area (Å²) in [4.78, 5) is 15.9. The van der Waals surface area contributed by atoms with Crippen molar-refractivity contribution in [3.63, 3.8) is 0 Å². The van der Waals surface area contributed by atoms with Crippen molar-refractivity contribution in [3.05, 3.63) is 35.2 Å². The van der Waals surface area contributed by atoms with Crippen molar-refractivity contribution in [2.45, 2.75) is 18.7 Å². The Morgan fingerprint density at radius 3 is 2.81 bits per heavy atom. The Labute approximate surface area is 128 Å². The number of hydrogen-bond donors (Lipinski definition) is 1. The first-order valence-corrected chi connectivity index (χ1v) is 7.82. The van der Waals surface area contributed by atoms with Gasteiger partial charge in [-0.25, -0.2) is 0 Å². The molecule has 1 aromatic carbocycles. The van der Waals surface area contributed by atoms with Crippen LogP contribution in [0.4, 0.5) is 11.4 Å². The zero-order chi connectivity index (χ0) is 15.1. The van der Waals surface area contributed by atoms with Crippen molar-refractivity contribution < 1.29 is 4.79 Å². The van der Waals surface area contributed by atoms with Crippen LogP contribution in [0.1, 0.15) is 21.7 Å². The molecule has 1 aliphatic heterocycles. The summed E-state index contributed by atoms with van der Waals surface area (Å²) in [7, 11) is 1.86. The molecule has 0 bridgehead atoms. The van der Waals surface area contributed by atoms with E-state index in [0.717, 1.165) is 27.7 Å². The Kier molecular flexibility index (Phi) is 3.41. The van der Waals surface area contributed by atoms with Gasteiger partial charge in [0.25, 0.3) is 5.91 Å². The standard InChI is InChI=1S/C15H18N4OS/c1-9-14(10(2)18(3)17-9)15(20)19-6-7-21-13-5-4-11(16)8-12(13)19/h4-5,8H,6-7,16H2,1-3H3. The minimum atomic E-state index is 0.00486. The second-order valence-electron chi connectivity index (χ2n) is 5.20. The predicted molar refractivity (Wildman–Crippen MR) is 85.9 cm³/mol. The van der Waals surface area contributed by atoms with E-state index in [9.17, 15) is 4.79 Å². The van der Waals surface area contributed by atoms with E-state index in [1.54, 1.807) is 16.4 Å². The molecule has 1 aromatic heterocycles. The lowest BCUT2D eigenvalue weighted by Gasteiger charge is -2.29. The van der Waals surface area contributed by atoms with Crippen LogP contribution < -0.4 is 10.6 Å². The fourth-order valence-electron chi connectivity index (χ4n) is 2.66. The number of aromatic nitrogens is 2. The van der Waals surface area contributed by atoms with Gasteiger partial charge >= 0.3 is 0 Å². The Morgan fingerprint density at radius 2 is 2.14 bits per heavy atom. The van der Waals surface area contributed by atoms with Crippen molar-refractivity contribution >= 4 is 29.0 Å². The van der Waals surface area contributed by atoms with Gasteiger partial charge < -0.3 is 10.6 Å². The fraction of sp³-hybridized carbons (Fsp3) is 0.333. The van der Waals surface area contributed by atoms with Gasteiger partial charge in [0.05, 0.1) is 16.9 Å². The summed E-state index contributed by atoms with van der Waals surface area (Å²) in [5, 5.41) is 4.34. The first kappa shape index (κ1) is 14.0. The summed E-state index contributed by atoms with van der Waals surface area (Å²) < 4.78 is 1.75. The third kappa shape index (κ3) is 2.29. The monoisotopic (exact) mass is 302 g/mol. The molecule has 2 heterocycles. The Morgan fingerprint density at radius 1 is 1.38 bits per heavy atom. The van der Waals surface area contributed by atoms with Crippen molar-refractivity contribution in [2.75, 3.05) is 22.9 Å². The third-order valence-electron chi connectivity index (χ3n) is 3.81. The molecule has 0 unspecified atom stereocenters. The number of fused-ring (bicyclic) bond motifs is 1. The van der Waals surface area contributed by atoms with Crippen LogP contribution >= 0.6 is 11.8 Å². The Hall–Kier alpha value is -1.95. The molecule has 0 spiro atoms. The van der Waals surface area contributed by atoms with Crippen LogP contribution in [0.2, 0.25) is 0 Å². The van der Waals surface area contributed by atoms with Crippen LogP contribution in [0.5, 0.6) is 0 Å². The van der Waals surface area contributed by atoms with Crippen LogP contribution in [0.15, 0.2) is 23.1 Å². The van der Waals surface area contributed by atoms with Crippen LogP contribution in [-0.4, -0.2) is 28.0 Å². The van der Waals surface area contributed by atoms with E-state index in [2.05, 4.69) is 5.10 Å². The molecule has 6 heteroatoms. The molecule has 5 nitrogen and oxygen atoms in total. The quantitative estimate of drug-likeness (QED) is 0.821. The van der Waals surface area contributed by atoms with Gasteiger partial charge in [0, 0.05) is 35.6 Å². The maximum atomic E-state index is 13.0. The average molecular weight is 302 g/mol. The molecule has 0 radical (unpaired) electrons. The number of thioether (sulfide) groups is 1. The zero-order valence-corrected chi connectivity index (χ0v) is 13.2. The molecule has 21 heavy (non-hydrogen) atoms. The van der Waals surface area contributed by atoms with E-state index in [1.165, 1.54) is 0 Å². The maximum Gasteiger partial charge on any atom is 0.262 e. The van der Waals surface area contributed by atoms with Gasteiger partial charge in [-0.15, -0.1) is 11.8 Å². The fourth-order valence-corrected chi connectivity index (χ4v) is 3.64. The van der Waals surface area contributed by atoms with Crippen LogP contribution in [0.25, 0.3) is 0 Å². The van der Waals surface area contributed by atoms with E-state index in [4.69, 9.17) is 5.73 Å². The number of hydrogen-bond acceptors (Lipinski definition) is 4. The SMILES string of the molecule is Cc1nn(C)c(C)c1C(=O)N1CCSc2ccc(N)cc21. The number of anilines is 2. The highest BCUT2D eigenvalue weighted by atomic mass is 32.2. The second-order valence-corrected chi connectivity index (χ2v) is 6.34. The van der Waals surface area contributed by atoms with E-state index >= 15 is 0 Å². The van der Waals surface area contributed by atoms with Gasteiger partial charge in [0.15, 0.2) is 0 Å². The second kappa shape index (κ2) is 5.11. The zero-order valence-electron chi connectivity index (χ0n) is 12.4. The summed E-state index contributed by atoms with van der Waals surface area (Å²) in [6.07, 6.45) is 0. The largest absolute Gasteiger partial charge is 0.399 e. The van der Waals surface area contributed by atoms with Crippen LogP contribution in [0, 0.1) is 13.8 Å². The molecule has 1 amide bonds. The number of nitrogen functional groups attached to an aromatic ring is 1. The minimum absolute atomic E-state index is 0.00486. The summed E-state index contributed by atoms with van der Waals surface area (Å²) in [6, 6.07) is 5.73. The number of carbonyl (C=O) groups is 1. The summed E-state index contributed by atoms with van der Waals surface area (Å²) in [6.45, 7) is 4.49. The normalized spacial score (nSPS) is 14.1. The summed E-state index contributed by atoms with van der Waals surface area (Å²) in [5.41, 5.74) is 9.81. The number of aryl methyl sites for hydroxylation is 2. The third-order valence-corrected chi connectivity index (χ3v) is 4.86. The first-order valence-electron chi connectivity index (χ1n) is 6.83. The molecule has 110 valence electrons. The molecule has 0 fully saturated rings. The van der Waals surface area contributed by atoms with Gasteiger partial charge in [-0.1, -0.05) is 0 Å². The lowest BCUT2D eigenvalue weighted by Crippen LogP contribution is -2.36. The highest BCUT2D eigenvalue weighted by molar-refractivity contribution is 7.99. The van der Waals surface area contributed by atoms with Gasteiger partial charge in [0.2, 0.25) is 0 Å². The molecule has 3 rings (SSSR count). The number of nitrogens with two attached hydrogens (primary N) is 1. The Balaban J connectivity index is 2.06. The highest BCUT2D eigenvalue weighted by Gasteiger charge is 2.28. The minimum Gasteiger partial charge on any atom is -0.399 e. The molecular weight excluding hydrogens is 284 g/mol. The maximum absolute atomic E-state index is 13.0. The highest BCUT2D eigenvalue weighted by Crippen LogP contribution is 2.37. The van der Waals surface area contributed by atoms with Gasteiger partial charge in [-0.05, 0) is 32.0 Å². The van der Waals surface area contributed by atoms with Crippen molar-refractivity contribution in [1.82, 2.24) is 9.78 Å². The number of rotatable bonds is 1. The number of amides is 1. The molecule has 0 atom stereocenters. The summed E-state index contributed by atoms with van der Waals surface area (Å²) >= 11 is 1.76. The lowest BCUT2D eigenvalue weighted by atomic mass is 10.1. The molecule has 0 aliphatic carbocycles. The molecular formula is C15H18N4OS. The smallest absolute Gasteiger partial charge is 0.262 e. The first-order chi connectivity index (χ1) is 9.99. The topological polar surface area (TPSA) is 64.2 Å². The average Bonchev–Trinajstić information content (AvgIpc) is 2.71. The van der Waals surface area contributed by atoms with Crippen molar-refractivity contribution in [3.8, 4) is 0 Å². The van der Waals surface area contributed by atoms with E-state index < -0.39 is 0 Å². The molecule has 1 aliphatic rings. The number of benzene rings is 1. The van der Waals surface area contributed by atoms with E-state index in [-0.39, 0.29) is 5.91 Å². The molecule has 2 aromatic rings. The lowest BCUT2D eigenvalue weighted by molar-refractivity contribution is 0.0986.